The number of amides is 1. The summed E-state index contributed by atoms with van der Waals surface area (Å²) in [5.41, 5.74) is 6.78. The third-order valence-electron chi connectivity index (χ3n) is 1.98. The molecule has 0 saturated carbocycles. The van der Waals surface area contributed by atoms with Gasteiger partial charge < -0.3 is 10.5 Å². The number of para-hydroxylation sites is 1. The maximum absolute atomic E-state index is 11.5. The Labute approximate surface area is 102 Å². The van der Waals surface area contributed by atoms with Crippen molar-refractivity contribution in [1.82, 2.24) is 4.98 Å². The average molecular weight is 249 g/mol. The minimum absolute atomic E-state index is 0.380. The number of aromatic nitrogens is 1. The van der Waals surface area contributed by atoms with Crippen LogP contribution in [0.2, 0.25) is 0 Å². The lowest BCUT2D eigenvalue weighted by Crippen LogP contribution is -2.16. The molecule has 0 unspecified atom stereocenters. The van der Waals surface area contributed by atoms with Crippen LogP contribution in [0.4, 0.5) is 15.6 Å². The van der Waals surface area contributed by atoms with E-state index in [-0.39, 0.29) is 0 Å². The van der Waals surface area contributed by atoms with Crippen LogP contribution in [-0.4, -0.2) is 11.1 Å². The van der Waals surface area contributed by atoms with Crippen molar-refractivity contribution < 1.29 is 9.53 Å². The summed E-state index contributed by atoms with van der Waals surface area (Å²) in [6, 6.07) is 9.06. The molecule has 0 spiro atoms. The normalized spacial score (nSPS) is 9.94. The van der Waals surface area contributed by atoms with Crippen molar-refractivity contribution >= 4 is 28.2 Å². The monoisotopic (exact) mass is 249 g/mol. The molecule has 5 nitrogen and oxygen atoms in total. The lowest BCUT2D eigenvalue weighted by atomic mass is 10.3. The number of hydrogen-bond donors (Lipinski definition) is 2. The van der Waals surface area contributed by atoms with Crippen LogP contribution in [-0.2, 0) is 0 Å². The highest BCUT2D eigenvalue weighted by Gasteiger charge is 2.11. The van der Waals surface area contributed by atoms with Crippen LogP contribution in [0.5, 0.6) is 5.06 Å². The van der Waals surface area contributed by atoms with Crippen molar-refractivity contribution in [2.45, 2.75) is 6.92 Å². The number of nitrogen functional groups attached to an aromatic ring is 1. The number of nitrogens with two attached hydrogens (primary N) is 1. The van der Waals surface area contributed by atoms with Gasteiger partial charge in [0.15, 0.2) is 5.13 Å². The van der Waals surface area contributed by atoms with Crippen LogP contribution in [0.1, 0.15) is 5.69 Å². The molecule has 6 heteroatoms. The Balaban J connectivity index is 2.01. The van der Waals surface area contributed by atoms with E-state index < -0.39 is 6.09 Å². The SMILES string of the molecule is Cc1nc(N)sc1OC(=O)Nc1ccccc1. The molecule has 17 heavy (non-hydrogen) atoms. The molecule has 2 rings (SSSR count). The third-order valence-corrected chi connectivity index (χ3v) is 2.84. The smallest absolute Gasteiger partial charge is 0.397 e. The molecule has 1 aromatic heterocycles. The second kappa shape index (κ2) is 4.84. The molecule has 1 heterocycles. The molecule has 2 aromatic rings. The van der Waals surface area contributed by atoms with Crippen molar-refractivity contribution in [3.63, 3.8) is 0 Å². The van der Waals surface area contributed by atoms with Crippen molar-refractivity contribution in [3.05, 3.63) is 36.0 Å². The second-order valence-electron chi connectivity index (χ2n) is 3.31. The van der Waals surface area contributed by atoms with E-state index in [2.05, 4.69) is 10.3 Å². The van der Waals surface area contributed by atoms with Crippen LogP contribution in [0, 0.1) is 6.92 Å². The van der Waals surface area contributed by atoms with E-state index in [0.29, 0.717) is 21.6 Å². The van der Waals surface area contributed by atoms with E-state index in [1.807, 2.05) is 18.2 Å². The van der Waals surface area contributed by atoms with Gasteiger partial charge in [0.1, 0.15) is 0 Å². The number of thiazole rings is 1. The zero-order valence-electron chi connectivity index (χ0n) is 9.14. The molecule has 0 aliphatic heterocycles. The lowest BCUT2D eigenvalue weighted by Gasteiger charge is -2.04. The molecule has 0 radical (unpaired) electrons. The van der Waals surface area contributed by atoms with Crippen molar-refractivity contribution in [2.75, 3.05) is 11.1 Å². The van der Waals surface area contributed by atoms with Crippen LogP contribution in [0.25, 0.3) is 0 Å². The molecule has 0 atom stereocenters. The fourth-order valence-electron chi connectivity index (χ4n) is 1.25. The summed E-state index contributed by atoms with van der Waals surface area (Å²) in [7, 11) is 0. The first-order chi connectivity index (χ1) is 8.15. The summed E-state index contributed by atoms with van der Waals surface area (Å²) in [4.78, 5) is 15.5. The Morgan fingerprint density at radius 2 is 2.12 bits per heavy atom. The zero-order chi connectivity index (χ0) is 12.3. The predicted molar refractivity (Wildman–Crippen MR) is 67.4 cm³/mol. The molecule has 1 aromatic carbocycles. The fraction of sp³-hybridized carbons (Fsp3) is 0.0909. The highest BCUT2D eigenvalue weighted by molar-refractivity contribution is 7.17. The van der Waals surface area contributed by atoms with E-state index in [4.69, 9.17) is 10.5 Å². The summed E-state index contributed by atoms with van der Waals surface area (Å²) in [5, 5.41) is 3.40. The van der Waals surface area contributed by atoms with Gasteiger partial charge in [-0.15, -0.1) is 0 Å². The highest BCUT2D eigenvalue weighted by Crippen LogP contribution is 2.28. The first-order valence-electron chi connectivity index (χ1n) is 4.92. The quantitative estimate of drug-likeness (QED) is 0.857. The summed E-state index contributed by atoms with van der Waals surface area (Å²) in [6.45, 7) is 1.73. The number of aryl methyl sites for hydroxylation is 1. The topological polar surface area (TPSA) is 77.2 Å². The van der Waals surface area contributed by atoms with Crippen molar-refractivity contribution in [2.24, 2.45) is 0 Å². The molecule has 88 valence electrons. The molecular formula is C11H11N3O2S. The standard InChI is InChI=1S/C11H11N3O2S/c1-7-9(17-10(12)13-7)16-11(15)14-8-5-3-2-4-6-8/h2-6H,1H3,(H2,12,13)(H,14,15). The Morgan fingerprint density at radius 3 is 2.71 bits per heavy atom. The van der Waals surface area contributed by atoms with Crippen molar-refractivity contribution in [3.8, 4) is 5.06 Å². The summed E-state index contributed by atoms with van der Waals surface area (Å²) >= 11 is 1.14. The highest BCUT2D eigenvalue weighted by atomic mass is 32.1. The van der Waals surface area contributed by atoms with E-state index in [9.17, 15) is 4.79 Å². The van der Waals surface area contributed by atoms with Gasteiger partial charge in [0.2, 0.25) is 5.06 Å². The van der Waals surface area contributed by atoms with E-state index in [1.54, 1.807) is 19.1 Å². The largest absolute Gasteiger partial charge is 0.417 e. The van der Waals surface area contributed by atoms with Crippen LogP contribution in [0.3, 0.4) is 0 Å². The minimum atomic E-state index is -0.553. The van der Waals surface area contributed by atoms with Gasteiger partial charge in [0.25, 0.3) is 0 Å². The van der Waals surface area contributed by atoms with Gasteiger partial charge in [-0.3, -0.25) is 5.32 Å². The molecule has 0 bridgehead atoms. The molecular weight excluding hydrogens is 238 g/mol. The second-order valence-corrected chi connectivity index (χ2v) is 4.30. The van der Waals surface area contributed by atoms with E-state index >= 15 is 0 Å². The number of hydrogen-bond acceptors (Lipinski definition) is 5. The van der Waals surface area contributed by atoms with Gasteiger partial charge in [-0.1, -0.05) is 29.5 Å². The number of benzene rings is 1. The predicted octanol–water partition coefficient (Wildman–Crippen LogP) is 2.64. The van der Waals surface area contributed by atoms with E-state index in [0.717, 1.165) is 11.3 Å². The van der Waals surface area contributed by atoms with Gasteiger partial charge in [-0.2, -0.15) is 0 Å². The molecule has 0 fully saturated rings. The Bertz CT molecular complexity index is 525. The number of rotatable bonds is 2. The summed E-state index contributed by atoms with van der Waals surface area (Å²) in [6.07, 6.45) is -0.553. The maximum Gasteiger partial charge on any atom is 0.417 e. The molecule has 0 aliphatic rings. The third kappa shape index (κ3) is 2.94. The maximum atomic E-state index is 11.5. The lowest BCUT2D eigenvalue weighted by molar-refractivity contribution is 0.216. The first kappa shape index (κ1) is 11.4. The van der Waals surface area contributed by atoms with Crippen LogP contribution >= 0.6 is 11.3 Å². The van der Waals surface area contributed by atoms with Gasteiger partial charge in [-0.05, 0) is 19.1 Å². The van der Waals surface area contributed by atoms with E-state index in [1.165, 1.54) is 0 Å². The van der Waals surface area contributed by atoms with Crippen LogP contribution < -0.4 is 15.8 Å². The molecule has 3 N–H and O–H groups in total. The Hall–Kier alpha value is -2.08. The van der Waals surface area contributed by atoms with Gasteiger partial charge >= 0.3 is 6.09 Å². The Morgan fingerprint density at radius 1 is 1.41 bits per heavy atom. The molecule has 0 aliphatic carbocycles. The summed E-state index contributed by atoms with van der Waals surface area (Å²) < 4.78 is 5.10. The number of nitrogens with zero attached hydrogens (tertiary/aromatic N) is 1. The zero-order valence-corrected chi connectivity index (χ0v) is 9.95. The summed E-state index contributed by atoms with van der Waals surface area (Å²) in [5.74, 6) is 0. The van der Waals surface area contributed by atoms with Gasteiger partial charge in [0.05, 0.1) is 5.69 Å². The molecule has 1 amide bonds. The Kier molecular flexibility index (Phi) is 3.24. The number of carbonyl (C=O) groups excluding carboxylic acids is 1. The fourth-order valence-corrected chi connectivity index (χ4v) is 1.93. The number of ether oxygens (including phenoxy) is 1. The van der Waals surface area contributed by atoms with Gasteiger partial charge in [0, 0.05) is 5.69 Å². The van der Waals surface area contributed by atoms with Gasteiger partial charge in [-0.25, -0.2) is 9.78 Å². The minimum Gasteiger partial charge on any atom is -0.397 e. The van der Waals surface area contributed by atoms with Crippen molar-refractivity contribution in [1.29, 1.82) is 0 Å². The number of carbonyl (C=O) groups is 1. The van der Waals surface area contributed by atoms with Crippen LogP contribution in [0.15, 0.2) is 30.3 Å². The number of anilines is 2. The first-order valence-corrected chi connectivity index (χ1v) is 5.73. The number of nitrogens with one attached hydrogen (secondary N) is 1. The average Bonchev–Trinajstić information content (AvgIpc) is 2.58. The molecule has 0 saturated heterocycles.